The number of aromatic nitrogens is 2. The van der Waals surface area contributed by atoms with Crippen LogP contribution in [0.2, 0.25) is 0 Å². The average Bonchev–Trinajstić information content (AvgIpc) is 3.30. The summed E-state index contributed by atoms with van der Waals surface area (Å²) in [6.45, 7) is 2.32. The average molecular weight is 354 g/mol. The third-order valence-corrected chi connectivity index (χ3v) is 5.36. The Hall–Kier alpha value is -2.34. The lowest BCUT2D eigenvalue weighted by Gasteiger charge is -2.33. The van der Waals surface area contributed by atoms with Crippen LogP contribution in [0, 0.1) is 5.92 Å². The van der Waals surface area contributed by atoms with Gasteiger partial charge in [0.25, 0.3) is 0 Å². The number of urea groups is 1. The van der Waals surface area contributed by atoms with Crippen molar-refractivity contribution in [3.8, 4) is 11.3 Å². The Labute approximate surface area is 153 Å². The summed E-state index contributed by atoms with van der Waals surface area (Å²) < 4.78 is 5.75. The zero-order chi connectivity index (χ0) is 17.8. The summed E-state index contributed by atoms with van der Waals surface area (Å²) >= 11 is 0. The third-order valence-electron chi connectivity index (χ3n) is 5.36. The molecule has 1 saturated carbocycles. The maximum absolute atomic E-state index is 12.9. The van der Waals surface area contributed by atoms with Crippen LogP contribution in [0.5, 0.6) is 0 Å². The summed E-state index contributed by atoms with van der Waals surface area (Å²) in [5.41, 5.74) is 2.74. The van der Waals surface area contributed by atoms with Gasteiger partial charge in [-0.25, -0.2) is 4.79 Å². The van der Waals surface area contributed by atoms with Gasteiger partial charge in [-0.3, -0.25) is 5.10 Å². The lowest BCUT2D eigenvalue weighted by Crippen LogP contribution is -2.44. The number of hydrogen-bond donors (Lipinski definition) is 2. The van der Waals surface area contributed by atoms with Crippen LogP contribution < -0.4 is 5.32 Å². The van der Waals surface area contributed by atoms with Crippen molar-refractivity contribution in [2.75, 3.05) is 25.0 Å². The first-order chi connectivity index (χ1) is 12.8. The van der Waals surface area contributed by atoms with E-state index in [2.05, 4.69) is 15.5 Å². The Balaban J connectivity index is 1.43. The van der Waals surface area contributed by atoms with Gasteiger partial charge in [-0.2, -0.15) is 5.10 Å². The Morgan fingerprint density at radius 2 is 2.15 bits per heavy atom. The fourth-order valence-electron chi connectivity index (χ4n) is 3.65. The van der Waals surface area contributed by atoms with Crippen molar-refractivity contribution in [1.29, 1.82) is 0 Å². The van der Waals surface area contributed by atoms with Crippen LogP contribution in [0.25, 0.3) is 11.3 Å². The van der Waals surface area contributed by atoms with Crippen LogP contribution in [-0.4, -0.2) is 46.9 Å². The maximum atomic E-state index is 12.9. The molecule has 26 heavy (non-hydrogen) atoms. The van der Waals surface area contributed by atoms with Crippen LogP contribution in [-0.2, 0) is 4.74 Å². The van der Waals surface area contributed by atoms with Gasteiger partial charge >= 0.3 is 6.03 Å². The predicted octanol–water partition coefficient (Wildman–Crippen LogP) is 3.89. The van der Waals surface area contributed by atoms with Crippen LogP contribution in [0.4, 0.5) is 10.5 Å². The number of rotatable bonds is 6. The molecule has 2 N–H and O–H groups in total. The highest BCUT2D eigenvalue weighted by Gasteiger charge is 2.27. The molecule has 2 aromatic rings. The van der Waals surface area contributed by atoms with E-state index in [1.54, 1.807) is 6.20 Å². The fourth-order valence-corrected chi connectivity index (χ4v) is 3.65. The van der Waals surface area contributed by atoms with Crippen molar-refractivity contribution in [1.82, 2.24) is 15.1 Å². The van der Waals surface area contributed by atoms with Gasteiger partial charge in [0.1, 0.15) is 0 Å². The molecule has 1 saturated heterocycles. The molecule has 6 heteroatoms. The molecule has 2 amide bonds. The number of amides is 2. The largest absolute Gasteiger partial charge is 0.376 e. The highest BCUT2D eigenvalue weighted by atomic mass is 16.5. The summed E-state index contributed by atoms with van der Waals surface area (Å²) in [5.74, 6) is 0.637. The highest BCUT2D eigenvalue weighted by Crippen LogP contribution is 2.28. The number of benzene rings is 1. The molecule has 1 aliphatic carbocycles. The molecule has 1 unspecified atom stereocenters. The molecule has 4 rings (SSSR count). The number of aromatic amines is 1. The van der Waals surface area contributed by atoms with Crippen molar-refractivity contribution in [3.05, 3.63) is 36.5 Å². The first kappa shape index (κ1) is 17.1. The van der Waals surface area contributed by atoms with E-state index in [1.165, 1.54) is 19.3 Å². The second-order valence-electron chi connectivity index (χ2n) is 7.32. The Bertz CT molecular complexity index is 721. The van der Waals surface area contributed by atoms with Gasteiger partial charge in [-0.05, 0) is 49.8 Å². The van der Waals surface area contributed by atoms with E-state index in [0.717, 1.165) is 42.9 Å². The first-order valence-electron chi connectivity index (χ1n) is 9.55. The molecule has 1 atom stereocenters. The maximum Gasteiger partial charge on any atom is 0.321 e. The summed E-state index contributed by atoms with van der Waals surface area (Å²) in [7, 11) is 0. The smallest absolute Gasteiger partial charge is 0.321 e. The lowest BCUT2D eigenvalue weighted by molar-refractivity contribution is 0.0748. The topological polar surface area (TPSA) is 70.2 Å². The lowest BCUT2D eigenvalue weighted by atomic mass is 9.85. The molecular weight excluding hydrogens is 328 g/mol. The van der Waals surface area contributed by atoms with Crippen LogP contribution >= 0.6 is 0 Å². The van der Waals surface area contributed by atoms with Gasteiger partial charge < -0.3 is 15.0 Å². The molecule has 1 aliphatic heterocycles. The number of hydrogen-bond acceptors (Lipinski definition) is 3. The van der Waals surface area contributed by atoms with Crippen molar-refractivity contribution >= 4 is 11.7 Å². The second kappa shape index (κ2) is 7.91. The third kappa shape index (κ3) is 4.07. The van der Waals surface area contributed by atoms with E-state index in [-0.39, 0.29) is 12.1 Å². The number of nitrogens with one attached hydrogen (secondary N) is 2. The standard InChI is InChI=1S/C20H26N4O2/c25-20(22-17-7-2-6-16(12-17)19-9-10-21-23-19)24(13-15-4-1-5-15)14-18-8-3-11-26-18/h2,6-7,9-10,12,15,18H,1,3-5,8,11,13-14H2,(H,21,23)(H,22,25). The molecule has 2 aliphatic rings. The van der Waals surface area contributed by atoms with E-state index < -0.39 is 0 Å². The summed E-state index contributed by atoms with van der Waals surface area (Å²) in [4.78, 5) is 14.9. The summed E-state index contributed by atoms with van der Waals surface area (Å²) in [6, 6.07) is 9.73. The monoisotopic (exact) mass is 354 g/mol. The number of carbonyl (C=O) groups excluding carboxylic acids is 1. The van der Waals surface area contributed by atoms with Crippen LogP contribution in [0.3, 0.4) is 0 Å². The Morgan fingerprint density at radius 3 is 2.85 bits per heavy atom. The Kier molecular flexibility index (Phi) is 5.20. The van der Waals surface area contributed by atoms with Gasteiger partial charge in [0.15, 0.2) is 0 Å². The number of ether oxygens (including phenoxy) is 1. The molecule has 0 spiro atoms. The van der Waals surface area contributed by atoms with Gasteiger partial charge in [0.05, 0.1) is 11.8 Å². The van der Waals surface area contributed by atoms with Crippen LogP contribution in [0.15, 0.2) is 36.5 Å². The zero-order valence-corrected chi connectivity index (χ0v) is 15.0. The molecular formula is C20H26N4O2. The second-order valence-corrected chi connectivity index (χ2v) is 7.32. The first-order valence-corrected chi connectivity index (χ1v) is 9.55. The van der Waals surface area contributed by atoms with Gasteiger partial charge in [-0.1, -0.05) is 18.6 Å². The van der Waals surface area contributed by atoms with Gasteiger partial charge in [-0.15, -0.1) is 0 Å². The molecule has 1 aromatic heterocycles. The predicted molar refractivity (Wildman–Crippen MR) is 101 cm³/mol. The number of anilines is 1. The minimum absolute atomic E-state index is 0.0332. The highest BCUT2D eigenvalue weighted by molar-refractivity contribution is 5.90. The zero-order valence-electron chi connectivity index (χ0n) is 15.0. The normalized spacial score (nSPS) is 19.9. The van der Waals surface area contributed by atoms with Gasteiger partial charge in [0, 0.05) is 37.1 Å². The van der Waals surface area contributed by atoms with Crippen LogP contribution in [0.1, 0.15) is 32.1 Å². The number of H-pyrrole nitrogens is 1. The molecule has 1 aromatic carbocycles. The van der Waals surface area contributed by atoms with Gasteiger partial charge in [0.2, 0.25) is 0 Å². The summed E-state index contributed by atoms with van der Waals surface area (Å²) in [5, 5.41) is 10.0. The molecule has 2 heterocycles. The van der Waals surface area contributed by atoms with Crippen molar-refractivity contribution in [3.63, 3.8) is 0 Å². The van der Waals surface area contributed by atoms with Crippen molar-refractivity contribution in [2.24, 2.45) is 5.92 Å². The van der Waals surface area contributed by atoms with E-state index in [9.17, 15) is 4.79 Å². The minimum Gasteiger partial charge on any atom is -0.376 e. The van der Waals surface area contributed by atoms with E-state index >= 15 is 0 Å². The SMILES string of the molecule is O=C(Nc1cccc(-c2ccn[nH]2)c1)N(CC1CCC1)CC1CCCO1. The quantitative estimate of drug-likeness (QED) is 0.827. The minimum atomic E-state index is -0.0332. The number of carbonyl (C=O) groups is 1. The Morgan fingerprint density at radius 1 is 1.23 bits per heavy atom. The van der Waals surface area contributed by atoms with E-state index in [4.69, 9.17) is 4.74 Å². The molecule has 0 radical (unpaired) electrons. The molecule has 2 fully saturated rings. The van der Waals surface area contributed by atoms with E-state index in [0.29, 0.717) is 12.5 Å². The van der Waals surface area contributed by atoms with Crippen molar-refractivity contribution in [2.45, 2.75) is 38.2 Å². The fraction of sp³-hybridized carbons (Fsp3) is 0.500. The molecule has 138 valence electrons. The molecule has 0 bridgehead atoms. The summed E-state index contributed by atoms with van der Waals surface area (Å²) in [6.07, 6.45) is 7.78. The number of nitrogens with zero attached hydrogens (tertiary/aromatic N) is 2. The van der Waals surface area contributed by atoms with Crippen molar-refractivity contribution < 1.29 is 9.53 Å². The molecule has 6 nitrogen and oxygen atoms in total. The van der Waals surface area contributed by atoms with E-state index in [1.807, 2.05) is 35.2 Å².